The molecule has 0 amide bonds. The molecule has 0 unspecified atom stereocenters. The first kappa shape index (κ1) is 17.9. The van der Waals surface area contributed by atoms with E-state index < -0.39 is 0 Å². The summed E-state index contributed by atoms with van der Waals surface area (Å²) in [5.74, 6) is 2.02. The number of hydrogen-bond acceptors (Lipinski definition) is 4. The Morgan fingerprint density at radius 1 is 1.00 bits per heavy atom. The zero-order valence-electron chi connectivity index (χ0n) is 14.9. The summed E-state index contributed by atoms with van der Waals surface area (Å²) in [5.41, 5.74) is 2.46. The monoisotopic (exact) mass is 361 g/mol. The van der Waals surface area contributed by atoms with E-state index in [-0.39, 0.29) is 0 Å². The molecule has 0 bridgehead atoms. The van der Waals surface area contributed by atoms with Gasteiger partial charge in [0, 0.05) is 17.6 Å². The van der Waals surface area contributed by atoms with E-state index in [4.69, 9.17) is 25.8 Å². The second-order valence-corrected chi connectivity index (χ2v) is 6.65. The lowest BCUT2D eigenvalue weighted by Crippen LogP contribution is -2.22. The first-order valence-electron chi connectivity index (χ1n) is 8.44. The first-order valence-corrected chi connectivity index (χ1v) is 8.82. The third kappa shape index (κ3) is 3.86. The van der Waals surface area contributed by atoms with Crippen LogP contribution in [0.3, 0.4) is 0 Å². The maximum Gasteiger partial charge on any atom is 0.203 e. The highest BCUT2D eigenvalue weighted by atomic mass is 35.5. The summed E-state index contributed by atoms with van der Waals surface area (Å²) in [6.07, 6.45) is 2.35. The van der Waals surface area contributed by atoms with E-state index in [2.05, 4.69) is 17.0 Å². The van der Waals surface area contributed by atoms with Gasteiger partial charge in [0.1, 0.15) is 0 Å². The van der Waals surface area contributed by atoms with Crippen LogP contribution in [-0.2, 0) is 6.54 Å². The molecule has 0 radical (unpaired) electrons. The van der Waals surface area contributed by atoms with E-state index in [1.165, 1.54) is 12.0 Å². The number of hydrogen-bond donors (Lipinski definition) is 0. The largest absolute Gasteiger partial charge is 0.493 e. The van der Waals surface area contributed by atoms with E-state index in [9.17, 15) is 0 Å². The van der Waals surface area contributed by atoms with E-state index in [0.717, 1.165) is 30.1 Å². The van der Waals surface area contributed by atoms with Gasteiger partial charge in [-0.1, -0.05) is 23.7 Å². The van der Waals surface area contributed by atoms with Crippen LogP contribution in [0.4, 0.5) is 0 Å². The lowest BCUT2D eigenvalue weighted by molar-refractivity contribution is 0.247. The minimum Gasteiger partial charge on any atom is -0.493 e. The number of halogens is 1. The lowest BCUT2D eigenvalue weighted by atomic mass is 10.0. The predicted octanol–water partition coefficient (Wildman–Crippen LogP) is 4.70. The molecule has 134 valence electrons. The standard InChI is InChI=1S/C20H24ClNO3/c1-23-18-11-14(12-19(24-2)20(18)25-3)13-22-10-4-5-17(22)15-6-8-16(21)9-7-15/h6-9,11-12,17H,4-5,10,13H2,1-3H3/t17-/m1/s1. The lowest BCUT2D eigenvalue weighted by Gasteiger charge is -2.25. The second-order valence-electron chi connectivity index (χ2n) is 6.21. The molecule has 1 aliphatic rings. The Morgan fingerprint density at radius 3 is 2.20 bits per heavy atom. The quantitative estimate of drug-likeness (QED) is 0.746. The Balaban J connectivity index is 1.84. The topological polar surface area (TPSA) is 30.9 Å². The third-order valence-corrected chi connectivity index (χ3v) is 4.98. The van der Waals surface area contributed by atoms with Gasteiger partial charge in [0.25, 0.3) is 0 Å². The molecule has 1 saturated heterocycles. The van der Waals surface area contributed by atoms with Crippen LogP contribution in [0.2, 0.25) is 5.02 Å². The van der Waals surface area contributed by atoms with Crippen molar-refractivity contribution >= 4 is 11.6 Å². The van der Waals surface area contributed by atoms with Crippen molar-refractivity contribution in [1.29, 1.82) is 0 Å². The SMILES string of the molecule is COc1cc(CN2CCC[C@@H]2c2ccc(Cl)cc2)cc(OC)c1OC. The highest BCUT2D eigenvalue weighted by molar-refractivity contribution is 6.30. The number of nitrogens with zero attached hydrogens (tertiary/aromatic N) is 1. The maximum atomic E-state index is 6.03. The molecule has 4 nitrogen and oxygen atoms in total. The summed E-state index contributed by atoms with van der Waals surface area (Å²) in [7, 11) is 4.91. The van der Waals surface area contributed by atoms with Gasteiger partial charge in [-0.05, 0) is 54.8 Å². The predicted molar refractivity (Wildman–Crippen MR) is 99.9 cm³/mol. The first-order chi connectivity index (χ1) is 12.2. The minimum absolute atomic E-state index is 0.413. The van der Waals surface area contributed by atoms with Crippen molar-refractivity contribution in [2.45, 2.75) is 25.4 Å². The normalized spacial score (nSPS) is 17.5. The fraction of sp³-hybridized carbons (Fsp3) is 0.400. The number of likely N-dealkylation sites (tertiary alicyclic amines) is 1. The zero-order valence-corrected chi connectivity index (χ0v) is 15.7. The Morgan fingerprint density at radius 2 is 1.64 bits per heavy atom. The molecular weight excluding hydrogens is 338 g/mol. The van der Waals surface area contributed by atoms with Gasteiger partial charge in [-0.15, -0.1) is 0 Å². The number of methoxy groups -OCH3 is 3. The van der Waals surface area contributed by atoms with Gasteiger partial charge in [0.05, 0.1) is 21.3 Å². The van der Waals surface area contributed by atoms with Crippen LogP contribution < -0.4 is 14.2 Å². The van der Waals surface area contributed by atoms with Crippen LogP contribution >= 0.6 is 11.6 Å². The summed E-state index contributed by atoms with van der Waals surface area (Å²) in [4.78, 5) is 2.49. The number of ether oxygens (including phenoxy) is 3. The molecule has 0 N–H and O–H groups in total. The summed E-state index contributed by atoms with van der Waals surface area (Å²) in [6, 6.07) is 12.6. The van der Waals surface area contributed by atoms with Crippen molar-refractivity contribution in [1.82, 2.24) is 4.90 Å². The fourth-order valence-corrected chi connectivity index (χ4v) is 3.66. The van der Waals surface area contributed by atoms with Gasteiger partial charge in [-0.2, -0.15) is 0 Å². The van der Waals surface area contributed by atoms with E-state index in [1.807, 2.05) is 24.3 Å². The zero-order chi connectivity index (χ0) is 17.8. The minimum atomic E-state index is 0.413. The van der Waals surface area contributed by atoms with Gasteiger partial charge in [0.15, 0.2) is 11.5 Å². The van der Waals surface area contributed by atoms with E-state index in [1.54, 1.807) is 21.3 Å². The van der Waals surface area contributed by atoms with Crippen molar-refractivity contribution < 1.29 is 14.2 Å². The highest BCUT2D eigenvalue weighted by Gasteiger charge is 2.26. The number of rotatable bonds is 6. The molecule has 0 spiro atoms. The fourth-order valence-electron chi connectivity index (χ4n) is 3.54. The van der Waals surface area contributed by atoms with Gasteiger partial charge in [-0.25, -0.2) is 0 Å². The van der Waals surface area contributed by atoms with Crippen molar-refractivity contribution in [3.05, 3.63) is 52.5 Å². The van der Waals surface area contributed by atoms with Crippen molar-refractivity contribution in [2.24, 2.45) is 0 Å². The highest BCUT2D eigenvalue weighted by Crippen LogP contribution is 2.40. The molecule has 5 heteroatoms. The average Bonchev–Trinajstić information content (AvgIpc) is 3.09. The average molecular weight is 362 g/mol. The Hall–Kier alpha value is -1.91. The molecule has 25 heavy (non-hydrogen) atoms. The van der Waals surface area contributed by atoms with Crippen LogP contribution in [0, 0.1) is 0 Å². The molecule has 0 aromatic heterocycles. The van der Waals surface area contributed by atoms with Crippen LogP contribution in [-0.4, -0.2) is 32.8 Å². The summed E-state index contributed by atoms with van der Waals surface area (Å²) in [6.45, 7) is 1.91. The molecule has 1 fully saturated rings. The molecule has 2 aromatic carbocycles. The van der Waals surface area contributed by atoms with E-state index in [0.29, 0.717) is 23.3 Å². The van der Waals surface area contributed by atoms with E-state index >= 15 is 0 Å². The van der Waals surface area contributed by atoms with Crippen LogP contribution in [0.5, 0.6) is 17.2 Å². The van der Waals surface area contributed by atoms with Crippen molar-refractivity contribution in [3.8, 4) is 17.2 Å². The molecule has 0 saturated carbocycles. The molecule has 3 rings (SSSR count). The summed E-state index contributed by atoms with van der Waals surface area (Å²) >= 11 is 6.03. The van der Waals surface area contributed by atoms with Crippen LogP contribution in [0.15, 0.2) is 36.4 Å². The van der Waals surface area contributed by atoms with Gasteiger partial charge in [-0.3, -0.25) is 4.90 Å². The van der Waals surface area contributed by atoms with Crippen molar-refractivity contribution in [2.75, 3.05) is 27.9 Å². The smallest absolute Gasteiger partial charge is 0.203 e. The molecule has 1 atom stereocenters. The van der Waals surface area contributed by atoms with Crippen molar-refractivity contribution in [3.63, 3.8) is 0 Å². The van der Waals surface area contributed by atoms with Crippen LogP contribution in [0.25, 0.3) is 0 Å². The van der Waals surface area contributed by atoms with Crippen LogP contribution in [0.1, 0.15) is 30.0 Å². The van der Waals surface area contributed by atoms with Gasteiger partial charge in [0.2, 0.25) is 5.75 Å². The molecule has 2 aromatic rings. The molecule has 1 aliphatic heterocycles. The summed E-state index contributed by atoms with van der Waals surface area (Å²) < 4.78 is 16.3. The van der Waals surface area contributed by atoms with Gasteiger partial charge >= 0.3 is 0 Å². The Labute approximate surface area is 154 Å². The molecular formula is C20H24ClNO3. The molecule has 1 heterocycles. The summed E-state index contributed by atoms with van der Waals surface area (Å²) in [5, 5.41) is 0.776. The maximum absolute atomic E-state index is 6.03. The number of benzene rings is 2. The Bertz CT molecular complexity index is 692. The molecule has 0 aliphatic carbocycles. The Kier molecular flexibility index (Phi) is 5.71. The third-order valence-electron chi connectivity index (χ3n) is 4.73. The van der Waals surface area contributed by atoms with Gasteiger partial charge < -0.3 is 14.2 Å². The second kappa shape index (κ2) is 7.98.